The van der Waals surface area contributed by atoms with E-state index < -0.39 is 0 Å². The van der Waals surface area contributed by atoms with Gasteiger partial charge in [-0.15, -0.1) is 0 Å². The molecule has 2 heterocycles. The van der Waals surface area contributed by atoms with Gasteiger partial charge in [0, 0.05) is 12.2 Å². The molecule has 4 heteroatoms. The van der Waals surface area contributed by atoms with Crippen LogP contribution in [0.1, 0.15) is 23.4 Å². The number of aromatic nitrogens is 2. The smallest absolute Gasteiger partial charge is 0.261 e. The van der Waals surface area contributed by atoms with Gasteiger partial charge in [0.1, 0.15) is 5.82 Å². The Morgan fingerprint density at radius 3 is 2.91 bits per heavy atom. The molecule has 2 aromatic carbocycles. The summed E-state index contributed by atoms with van der Waals surface area (Å²) in [6, 6.07) is 13.6. The molecule has 23 heavy (non-hydrogen) atoms. The first-order chi connectivity index (χ1) is 11.1. The molecule has 0 atom stereocenters. The number of benzene rings is 2. The molecule has 2 N–H and O–H groups in total. The lowest BCUT2D eigenvalue weighted by Gasteiger charge is -2.06. The highest BCUT2D eigenvalue weighted by Gasteiger charge is 2.20. The third-order valence-electron chi connectivity index (χ3n) is 4.25. The van der Waals surface area contributed by atoms with Crippen molar-refractivity contribution < 1.29 is 0 Å². The average molecular weight is 303 g/mol. The van der Waals surface area contributed by atoms with Crippen molar-refractivity contribution in [2.24, 2.45) is 0 Å². The normalized spacial score (nSPS) is 15.3. The maximum Gasteiger partial charge on any atom is 0.261 e. The largest absolute Gasteiger partial charge is 0.399 e. The highest BCUT2D eigenvalue weighted by atomic mass is 16.1. The van der Waals surface area contributed by atoms with E-state index in [0.717, 1.165) is 23.4 Å². The van der Waals surface area contributed by atoms with Crippen molar-refractivity contribution in [3.8, 4) is 0 Å². The first-order valence-corrected chi connectivity index (χ1v) is 7.69. The Balaban J connectivity index is 1.91. The Labute approximate surface area is 133 Å². The minimum Gasteiger partial charge on any atom is -0.399 e. The Bertz CT molecular complexity index is 1010. The molecule has 0 saturated carbocycles. The van der Waals surface area contributed by atoms with Crippen LogP contribution in [-0.2, 0) is 6.54 Å². The molecule has 0 saturated heterocycles. The lowest BCUT2D eigenvalue weighted by atomic mass is 10.1. The van der Waals surface area contributed by atoms with Crippen molar-refractivity contribution in [2.75, 3.05) is 5.73 Å². The molecule has 0 aliphatic carbocycles. The second-order valence-electron chi connectivity index (χ2n) is 6.00. The van der Waals surface area contributed by atoms with Crippen molar-refractivity contribution in [3.05, 3.63) is 69.8 Å². The van der Waals surface area contributed by atoms with E-state index in [1.807, 2.05) is 6.07 Å². The van der Waals surface area contributed by atoms with Crippen LogP contribution < -0.4 is 11.3 Å². The zero-order valence-electron chi connectivity index (χ0n) is 12.9. The first kappa shape index (κ1) is 13.8. The molecule has 0 spiro atoms. The van der Waals surface area contributed by atoms with E-state index >= 15 is 0 Å². The van der Waals surface area contributed by atoms with Crippen LogP contribution in [0.15, 0.2) is 47.3 Å². The molecule has 1 aliphatic rings. The number of nitrogens with zero attached hydrogens (tertiary/aromatic N) is 2. The molecule has 114 valence electrons. The van der Waals surface area contributed by atoms with Crippen LogP contribution in [0.25, 0.3) is 22.6 Å². The SMILES string of the molecule is Cc1cccc(C=C2CCn3c2nc2cc(N)ccc2c3=O)c1. The van der Waals surface area contributed by atoms with Gasteiger partial charge in [-0.05, 0) is 48.8 Å². The third-order valence-corrected chi connectivity index (χ3v) is 4.25. The summed E-state index contributed by atoms with van der Waals surface area (Å²) in [4.78, 5) is 17.3. The molecule has 0 radical (unpaired) electrons. The van der Waals surface area contributed by atoms with Crippen LogP contribution >= 0.6 is 0 Å². The van der Waals surface area contributed by atoms with Gasteiger partial charge >= 0.3 is 0 Å². The van der Waals surface area contributed by atoms with E-state index in [0.29, 0.717) is 23.1 Å². The van der Waals surface area contributed by atoms with Crippen molar-refractivity contribution in [3.63, 3.8) is 0 Å². The Hall–Kier alpha value is -2.88. The average Bonchev–Trinajstić information content (AvgIpc) is 2.90. The summed E-state index contributed by atoms with van der Waals surface area (Å²) >= 11 is 0. The monoisotopic (exact) mass is 303 g/mol. The molecular formula is C19H17N3O. The molecule has 1 aromatic heterocycles. The summed E-state index contributed by atoms with van der Waals surface area (Å²) in [7, 11) is 0. The van der Waals surface area contributed by atoms with Gasteiger partial charge in [0.25, 0.3) is 5.56 Å². The van der Waals surface area contributed by atoms with E-state index in [1.165, 1.54) is 5.56 Å². The lowest BCUT2D eigenvalue weighted by Crippen LogP contribution is -2.20. The second kappa shape index (κ2) is 5.09. The number of rotatable bonds is 1. The third kappa shape index (κ3) is 2.32. The minimum atomic E-state index is 0.0117. The van der Waals surface area contributed by atoms with Gasteiger partial charge in [-0.2, -0.15) is 0 Å². The van der Waals surface area contributed by atoms with Gasteiger partial charge in [0.05, 0.1) is 10.9 Å². The number of hydrogen-bond donors (Lipinski definition) is 1. The molecule has 0 amide bonds. The second-order valence-corrected chi connectivity index (χ2v) is 6.00. The highest BCUT2D eigenvalue weighted by Crippen LogP contribution is 2.28. The van der Waals surface area contributed by atoms with Gasteiger partial charge in [-0.3, -0.25) is 9.36 Å². The Morgan fingerprint density at radius 1 is 1.22 bits per heavy atom. The topological polar surface area (TPSA) is 60.9 Å². The van der Waals surface area contributed by atoms with Crippen molar-refractivity contribution in [1.82, 2.24) is 9.55 Å². The summed E-state index contributed by atoms with van der Waals surface area (Å²) in [6.07, 6.45) is 2.94. The highest BCUT2D eigenvalue weighted by molar-refractivity contribution is 5.86. The van der Waals surface area contributed by atoms with Crippen LogP contribution in [0.5, 0.6) is 0 Å². The van der Waals surface area contributed by atoms with E-state index in [-0.39, 0.29) is 5.56 Å². The molecule has 3 aromatic rings. The van der Waals surface area contributed by atoms with Crippen LogP contribution in [0.2, 0.25) is 0 Å². The molecule has 4 rings (SSSR count). The van der Waals surface area contributed by atoms with Crippen molar-refractivity contribution >= 4 is 28.2 Å². The quantitative estimate of drug-likeness (QED) is 0.702. The van der Waals surface area contributed by atoms with E-state index in [2.05, 4.69) is 31.2 Å². The molecule has 0 fully saturated rings. The maximum absolute atomic E-state index is 12.6. The van der Waals surface area contributed by atoms with Crippen molar-refractivity contribution in [1.29, 1.82) is 0 Å². The van der Waals surface area contributed by atoms with Gasteiger partial charge in [0.2, 0.25) is 0 Å². The number of nitrogen functional groups attached to an aromatic ring is 1. The zero-order chi connectivity index (χ0) is 16.0. The predicted molar refractivity (Wildman–Crippen MR) is 94.1 cm³/mol. The number of fused-ring (bicyclic) bond motifs is 2. The number of allylic oxidation sites excluding steroid dienone is 1. The zero-order valence-corrected chi connectivity index (χ0v) is 12.9. The summed E-state index contributed by atoms with van der Waals surface area (Å²) < 4.78 is 1.76. The fourth-order valence-corrected chi connectivity index (χ4v) is 3.13. The van der Waals surface area contributed by atoms with Gasteiger partial charge in [-0.25, -0.2) is 4.98 Å². The molecule has 0 unspecified atom stereocenters. The van der Waals surface area contributed by atoms with E-state index in [1.54, 1.807) is 22.8 Å². The summed E-state index contributed by atoms with van der Waals surface area (Å²) in [5.41, 5.74) is 10.6. The van der Waals surface area contributed by atoms with Gasteiger partial charge < -0.3 is 5.73 Å². The van der Waals surface area contributed by atoms with E-state index in [9.17, 15) is 4.79 Å². The fraction of sp³-hybridized carbons (Fsp3) is 0.158. The summed E-state index contributed by atoms with van der Waals surface area (Å²) in [5.74, 6) is 0.759. The van der Waals surface area contributed by atoms with Crippen molar-refractivity contribution in [2.45, 2.75) is 19.9 Å². The van der Waals surface area contributed by atoms with Crippen LogP contribution in [0, 0.1) is 6.92 Å². The number of anilines is 1. The molecule has 0 bridgehead atoms. The number of hydrogen-bond acceptors (Lipinski definition) is 3. The van der Waals surface area contributed by atoms with Crippen LogP contribution in [-0.4, -0.2) is 9.55 Å². The maximum atomic E-state index is 12.6. The minimum absolute atomic E-state index is 0.0117. The van der Waals surface area contributed by atoms with E-state index in [4.69, 9.17) is 10.7 Å². The first-order valence-electron chi connectivity index (χ1n) is 7.69. The predicted octanol–water partition coefficient (Wildman–Crippen LogP) is 3.23. The fourth-order valence-electron chi connectivity index (χ4n) is 3.13. The molecule has 4 nitrogen and oxygen atoms in total. The summed E-state index contributed by atoms with van der Waals surface area (Å²) in [6.45, 7) is 2.75. The number of aryl methyl sites for hydroxylation is 1. The Kier molecular flexibility index (Phi) is 3.05. The number of nitrogens with two attached hydrogens (primary N) is 1. The van der Waals surface area contributed by atoms with Gasteiger partial charge in [-0.1, -0.05) is 29.8 Å². The lowest BCUT2D eigenvalue weighted by molar-refractivity contribution is 0.725. The Morgan fingerprint density at radius 2 is 2.09 bits per heavy atom. The van der Waals surface area contributed by atoms with Gasteiger partial charge in [0.15, 0.2) is 0 Å². The molecular weight excluding hydrogens is 286 g/mol. The summed E-state index contributed by atoms with van der Waals surface area (Å²) in [5, 5.41) is 0.625. The standard InChI is InChI=1S/C19H17N3O/c1-12-3-2-4-13(9-12)10-14-7-8-22-18(14)21-17-11-15(20)5-6-16(17)19(22)23/h2-6,9-11H,7-8,20H2,1H3. The van der Waals surface area contributed by atoms with Crippen LogP contribution in [0.4, 0.5) is 5.69 Å². The molecule has 1 aliphatic heterocycles. The van der Waals surface area contributed by atoms with Crippen LogP contribution in [0.3, 0.4) is 0 Å².